The SMILES string of the molecule is COc1ccc(Cl)cc1C(=O)N1CCC(c2nnc(-c3ccco3)s2)CC1. The van der Waals surface area contributed by atoms with Crippen LogP contribution in [-0.2, 0) is 0 Å². The summed E-state index contributed by atoms with van der Waals surface area (Å²) in [5.74, 6) is 1.52. The van der Waals surface area contributed by atoms with Crippen molar-refractivity contribution < 1.29 is 13.9 Å². The van der Waals surface area contributed by atoms with Crippen LogP contribution in [0.3, 0.4) is 0 Å². The van der Waals surface area contributed by atoms with E-state index in [2.05, 4.69) is 10.2 Å². The number of carbonyl (C=O) groups excluding carboxylic acids is 1. The number of likely N-dealkylation sites (tertiary alicyclic amines) is 1. The summed E-state index contributed by atoms with van der Waals surface area (Å²) in [5.41, 5.74) is 0.500. The molecule has 3 heterocycles. The Morgan fingerprint density at radius 1 is 1.30 bits per heavy atom. The molecule has 0 atom stereocenters. The topological polar surface area (TPSA) is 68.5 Å². The van der Waals surface area contributed by atoms with E-state index in [4.69, 9.17) is 20.8 Å². The number of halogens is 1. The molecule has 3 aromatic rings. The van der Waals surface area contributed by atoms with E-state index >= 15 is 0 Å². The molecule has 0 saturated carbocycles. The summed E-state index contributed by atoms with van der Waals surface area (Å²) >= 11 is 7.61. The van der Waals surface area contributed by atoms with E-state index < -0.39 is 0 Å². The van der Waals surface area contributed by atoms with Gasteiger partial charge in [-0.15, -0.1) is 10.2 Å². The minimum absolute atomic E-state index is 0.0543. The van der Waals surface area contributed by atoms with Gasteiger partial charge >= 0.3 is 0 Å². The molecule has 1 saturated heterocycles. The maximum Gasteiger partial charge on any atom is 0.257 e. The van der Waals surface area contributed by atoms with E-state index in [1.165, 1.54) is 0 Å². The Labute approximate surface area is 165 Å². The van der Waals surface area contributed by atoms with Gasteiger partial charge in [0.05, 0.1) is 18.9 Å². The fourth-order valence-corrected chi connectivity index (χ4v) is 4.40. The first-order valence-corrected chi connectivity index (χ1v) is 9.85. The summed E-state index contributed by atoms with van der Waals surface area (Å²) in [4.78, 5) is 14.7. The summed E-state index contributed by atoms with van der Waals surface area (Å²) in [5, 5.41) is 10.9. The summed E-state index contributed by atoms with van der Waals surface area (Å²) < 4.78 is 10.7. The summed E-state index contributed by atoms with van der Waals surface area (Å²) in [6.07, 6.45) is 3.33. The van der Waals surface area contributed by atoms with Crippen molar-refractivity contribution in [2.75, 3.05) is 20.2 Å². The molecular weight excluding hydrogens is 386 g/mol. The number of benzene rings is 1. The van der Waals surface area contributed by atoms with Gasteiger partial charge < -0.3 is 14.1 Å². The molecule has 0 radical (unpaired) electrons. The lowest BCUT2D eigenvalue weighted by atomic mass is 9.97. The van der Waals surface area contributed by atoms with E-state index in [1.807, 2.05) is 17.0 Å². The van der Waals surface area contributed by atoms with Crippen LogP contribution in [0.2, 0.25) is 5.02 Å². The minimum Gasteiger partial charge on any atom is -0.496 e. The number of piperidine rings is 1. The Morgan fingerprint density at radius 3 is 2.81 bits per heavy atom. The number of aromatic nitrogens is 2. The number of methoxy groups -OCH3 is 1. The quantitative estimate of drug-likeness (QED) is 0.642. The largest absolute Gasteiger partial charge is 0.496 e. The Hall–Kier alpha value is -2.38. The molecule has 1 aliphatic rings. The molecular formula is C19H18ClN3O3S. The van der Waals surface area contributed by atoms with E-state index in [0.29, 0.717) is 35.3 Å². The molecule has 27 heavy (non-hydrogen) atoms. The van der Waals surface area contributed by atoms with E-state index in [9.17, 15) is 4.79 Å². The highest BCUT2D eigenvalue weighted by molar-refractivity contribution is 7.14. The second-order valence-electron chi connectivity index (χ2n) is 6.33. The molecule has 140 valence electrons. The van der Waals surface area contributed by atoms with Crippen LogP contribution in [0.4, 0.5) is 0 Å². The van der Waals surface area contributed by atoms with Gasteiger partial charge in [0.2, 0.25) is 0 Å². The highest BCUT2D eigenvalue weighted by atomic mass is 35.5. The zero-order valence-corrected chi connectivity index (χ0v) is 16.3. The fourth-order valence-electron chi connectivity index (χ4n) is 3.25. The van der Waals surface area contributed by atoms with Crippen molar-refractivity contribution in [3.8, 4) is 16.5 Å². The van der Waals surface area contributed by atoms with Crippen molar-refractivity contribution in [2.45, 2.75) is 18.8 Å². The van der Waals surface area contributed by atoms with Gasteiger partial charge in [0.25, 0.3) is 5.91 Å². The highest BCUT2D eigenvalue weighted by Gasteiger charge is 2.28. The molecule has 0 unspecified atom stereocenters. The van der Waals surface area contributed by atoms with Gasteiger partial charge in [0, 0.05) is 24.0 Å². The predicted molar refractivity (Wildman–Crippen MR) is 103 cm³/mol. The average molecular weight is 404 g/mol. The zero-order chi connectivity index (χ0) is 18.8. The number of nitrogens with zero attached hydrogens (tertiary/aromatic N) is 3. The lowest BCUT2D eigenvalue weighted by molar-refractivity contribution is 0.0709. The molecule has 0 spiro atoms. The van der Waals surface area contributed by atoms with Crippen molar-refractivity contribution >= 4 is 28.8 Å². The molecule has 8 heteroatoms. The number of furan rings is 1. The smallest absolute Gasteiger partial charge is 0.257 e. The Bertz CT molecular complexity index is 934. The lowest BCUT2D eigenvalue weighted by Crippen LogP contribution is -2.38. The Balaban J connectivity index is 1.43. The monoisotopic (exact) mass is 403 g/mol. The third kappa shape index (κ3) is 3.70. The molecule has 4 rings (SSSR count). The Kier molecular flexibility index (Phi) is 5.13. The first-order chi connectivity index (χ1) is 13.2. The normalized spacial score (nSPS) is 15.1. The maximum atomic E-state index is 12.9. The van der Waals surface area contributed by atoms with Gasteiger partial charge in [-0.1, -0.05) is 22.9 Å². The third-order valence-corrected chi connectivity index (χ3v) is 6.03. The highest BCUT2D eigenvalue weighted by Crippen LogP contribution is 2.34. The van der Waals surface area contributed by atoms with Crippen LogP contribution in [0.1, 0.15) is 34.1 Å². The number of carbonyl (C=O) groups is 1. The minimum atomic E-state index is -0.0543. The molecule has 0 N–H and O–H groups in total. The number of rotatable bonds is 4. The second-order valence-corrected chi connectivity index (χ2v) is 7.78. The van der Waals surface area contributed by atoms with E-state index in [0.717, 1.165) is 28.6 Å². The van der Waals surface area contributed by atoms with Crippen molar-refractivity contribution in [3.05, 3.63) is 52.2 Å². The van der Waals surface area contributed by atoms with Gasteiger partial charge in [-0.05, 0) is 43.2 Å². The molecule has 6 nitrogen and oxygen atoms in total. The second kappa shape index (κ2) is 7.70. The molecule has 1 amide bonds. The standard InChI is InChI=1S/C19H18ClN3O3S/c1-25-15-5-4-13(20)11-14(15)19(24)23-8-6-12(7-9-23)17-21-22-18(27-17)16-3-2-10-26-16/h2-5,10-12H,6-9H2,1H3. The van der Waals surface area contributed by atoms with E-state index in [1.54, 1.807) is 42.9 Å². The van der Waals surface area contributed by atoms with Crippen LogP contribution in [-0.4, -0.2) is 41.2 Å². The van der Waals surface area contributed by atoms with Crippen LogP contribution in [0, 0.1) is 0 Å². The van der Waals surface area contributed by atoms with Crippen molar-refractivity contribution in [1.82, 2.24) is 15.1 Å². The zero-order valence-electron chi connectivity index (χ0n) is 14.7. The van der Waals surface area contributed by atoms with Crippen LogP contribution < -0.4 is 4.74 Å². The van der Waals surface area contributed by atoms with Crippen LogP contribution in [0.5, 0.6) is 5.75 Å². The van der Waals surface area contributed by atoms with Crippen molar-refractivity contribution in [2.24, 2.45) is 0 Å². The van der Waals surface area contributed by atoms with Gasteiger partial charge in [-0.3, -0.25) is 4.79 Å². The number of hydrogen-bond donors (Lipinski definition) is 0. The first-order valence-electron chi connectivity index (χ1n) is 8.66. The average Bonchev–Trinajstić information content (AvgIpc) is 3.39. The summed E-state index contributed by atoms with van der Waals surface area (Å²) in [6, 6.07) is 8.82. The van der Waals surface area contributed by atoms with Crippen LogP contribution >= 0.6 is 22.9 Å². The molecule has 1 aromatic carbocycles. The van der Waals surface area contributed by atoms with Gasteiger partial charge in [-0.2, -0.15) is 0 Å². The fraction of sp³-hybridized carbons (Fsp3) is 0.316. The molecule has 1 aliphatic heterocycles. The third-order valence-electron chi connectivity index (χ3n) is 4.70. The van der Waals surface area contributed by atoms with Gasteiger partial charge in [0.15, 0.2) is 10.8 Å². The summed E-state index contributed by atoms with van der Waals surface area (Å²) in [7, 11) is 1.55. The van der Waals surface area contributed by atoms with Gasteiger partial charge in [0.1, 0.15) is 10.8 Å². The Morgan fingerprint density at radius 2 is 2.11 bits per heavy atom. The van der Waals surface area contributed by atoms with E-state index in [-0.39, 0.29) is 5.91 Å². The van der Waals surface area contributed by atoms with Crippen LogP contribution in [0.25, 0.3) is 10.8 Å². The number of hydrogen-bond acceptors (Lipinski definition) is 6. The lowest BCUT2D eigenvalue weighted by Gasteiger charge is -2.31. The van der Waals surface area contributed by atoms with Crippen LogP contribution in [0.15, 0.2) is 41.0 Å². The molecule has 1 fully saturated rings. The number of amides is 1. The molecule has 2 aromatic heterocycles. The molecule has 0 bridgehead atoms. The predicted octanol–water partition coefficient (Wildman–Crippen LogP) is 4.48. The van der Waals surface area contributed by atoms with Gasteiger partial charge in [-0.25, -0.2) is 0 Å². The van der Waals surface area contributed by atoms with Crippen molar-refractivity contribution in [3.63, 3.8) is 0 Å². The molecule has 0 aliphatic carbocycles. The first kappa shape index (κ1) is 18.0. The summed E-state index contributed by atoms with van der Waals surface area (Å²) in [6.45, 7) is 1.32. The van der Waals surface area contributed by atoms with Crippen molar-refractivity contribution in [1.29, 1.82) is 0 Å². The maximum absolute atomic E-state index is 12.9. The number of ether oxygens (including phenoxy) is 1.